The first kappa shape index (κ1) is 14.8. The zero-order chi connectivity index (χ0) is 14.1. The number of nitrogens with one attached hydrogen (secondary N) is 2. The van der Waals surface area contributed by atoms with Gasteiger partial charge in [-0.2, -0.15) is 0 Å². The van der Waals surface area contributed by atoms with Gasteiger partial charge in [0.05, 0.1) is 11.7 Å². The van der Waals surface area contributed by atoms with Crippen LogP contribution in [0.4, 0.5) is 0 Å². The number of hydrogen-bond acceptors (Lipinski definition) is 4. The van der Waals surface area contributed by atoms with Gasteiger partial charge in [-0.3, -0.25) is 4.79 Å². The van der Waals surface area contributed by atoms with Crippen LogP contribution in [0.1, 0.15) is 34.1 Å². The summed E-state index contributed by atoms with van der Waals surface area (Å²) in [5.74, 6) is -0.0267. The van der Waals surface area contributed by atoms with Gasteiger partial charge < -0.3 is 20.1 Å². The minimum atomic E-state index is -0.166. The minimum absolute atomic E-state index is 0.00754. The molecule has 0 radical (unpaired) electrons. The van der Waals surface area contributed by atoms with E-state index < -0.39 is 0 Å². The molecule has 2 aliphatic rings. The van der Waals surface area contributed by atoms with Gasteiger partial charge in [0.2, 0.25) is 5.91 Å². The monoisotopic (exact) mass is 270 g/mol. The van der Waals surface area contributed by atoms with Gasteiger partial charge >= 0.3 is 0 Å². The van der Waals surface area contributed by atoms with E-state index >= 15 is 0 Å². The van der Waals surface area contributed by atoms with Gasteiger partial charge in [0.15, 0.2) is 0 Å². The van der Waals surface area contributed by atoms with Crippen LogP contribution in [0.3, 0.4) is 0 Å². The van der Waals surface area contributed by atoms with Crippen molar-refractivity contribution in [3.63, 3.8) is 0 Å². The molecule has 1 saturated heterocycles. The fourth-order valence-electron chi connectivity index (χ4n) is 2.67. The molecule has 2 fully saturated rings. The third-order valence-electron chi connectivity index (χ3n) is 4.43. The molecule has 5 nitrogen and oxygen atoms in total. The molecule has 0 spiro atoms. The van der Waals surface area contributed by atoms with E-state index in [1.807, 2.05) is 13.8 Å². The zero-order valence-electron chi connectivity index (χ0n) is 12.4. The molecule has 2 atom stereocenters. The van der Waals surface area contributed by atoms with Gasteiger partial charge in [-0.15, -0.1) is 0 Å². The standard InChI is InChI=1S/C14H26N2O3/c1-5-18-11-6-10(13(11,2)3)16-12(17)7-19-14(4)8-15-9-14/h10-11,15H,5-9H2,1-4H3,(H,16,17). The van der Waals surface area contributed by atoms with Crippen LogP contribution < -0.4 is 10.6 Å². The van der Waals surface area contributed by atoms with Crippen molar-refractivity contribution >= 4 is 5.91 Å². The molecule has 1 aliphatic heterocycles. The molecule has 1 aliphatic carbocycles. The Bertz CT molecular complexity index is 340. The molecule has 2 N–H and O–H groups in total. The van der Waals surface area contributed by atoms with Gasteiger partial charge in [0.1, 0.15) is 6.61 Å². The van der Waals surface area contributed by atoms with Gasteiger partial charge in [-0.25, -0.2) is 0 Å². The third kappa shape index (κ3) is 3.09. The number of ether oxygens (including phenoxy) is 2. The summed E-state index contributed by atoms with van der Waals surface area (Å²) >= 11 is 0. The van der Waals surface area contributed by atoms with Gasteiger partial charge in [-0.05, 0) is 20.3 Å². The van der Waals surface area contributed by atoms with Crippen molar-refractivity contribution in [2.24, 2.45) is 5.41 Å². The fourth-order valence-corrected chi connectivity index (χ4v) is 2.67. The highest BCUT2D eigenvalue weighted by Crippen LogP contribution is 2.42. The number of hydrogen-bond donors (Lipinski definition) is 2. The Balaban J connectivity index is 1.71. The number of carbonyl (C=O) groups is 1. The molecule has 1 amide bonds. The van der Waals surface area contributed by atoms with E-state index in [0.29, 0.717) is 0 Å². The Labute approximate surface area is 115 Å². The Kier molecular flexibility index (Phi) is 4.18. The molecule has 2 unspecified atom stereocenters. The summed E-state index contributed by atoms with van der Waals surface area (Å²) in [6, 6.07) is 0.187. The normalized spacial score (nSPS) is 31.2. The van der Waals surface area contributed by atoms with Crippen LogP contribution in [-0.2, 0) is 14.3 Å². The second kappa shape index (κ2) is 5.38. The minimum Gasteiger partial charge on any atom is -0.378 e. The maximum atomic E-state index is 11.9. The summed E-state index contributed by atoms with van der Waals surface area (Å²) in [5.41, 5.74) is -0.159. The lowest BCUT2D eigenvalue weighted by Gasteiger charge is -2.51. The van der Waals surface area contributed by atoms with Crippen molar-refractivity contribution in [1.29, 1.82) is 0 Å². The quantitative estimate of drug-likeness (QED) is 0.745. The second-order valence-electron chi connectivity index (χ2n) is 6.46. The molecule has 1 saturated carbocycles. The van der Waals surface area contributed by atoms with E-state index in [2.05, 4.69) is 24.5 Å². The molecule has 1 heterocycles. The lowest BCUT2D eigenvalue weighted by Crippen LogP contribution is -2.63. The molecular formula is C14H26N2O3. The SMILES string of the molecule is CCOC1CC(NC(=O)COC2(C)CNC2)C1(C)C. The second-order valence-corrected chi connectivity index (χ2v) is 6.46. The largest absolute Gasteiger partial charge is 0.378 e. The Morgan fingerprint density at radius 3 is 2.53 bits per heavy atom. The number of rotatable bonds is 6. The van der Waals surface area contributed by atoms with E-state index in [0.717, 1.165) is 26.1 Å². The highest BCUT2D eigenvalue weighted by Gasteiger charge is 2.49. The Morgan fingerprint density at radius 2 is 2.05 bits per heavy atom. The highest BCUT2D eigenvalue weighted by atomic mass is 16.5. The summed E-state index contributed by atoms with van der Waals surface area (Å²) in [6.07, 6.45) is 1.14. The lowest BCUT2D eigenvalue weighted by molar-refractivity contribution is -0.147. The molecule has 0 aromatic rings. The predicted molar refractivity (Wildman–Crippen MR) is 73.0 cm³/mol. The van der Waals surface area contributed by atoms with Crippen molar-refractivity contribution in [1.82, 2.24) is 10.6 Å². The Hall–Kier alpha value is -0.650. The van der Waals surface area contributed by atoms with Crippen molar-refractivity contribution < 1.29 is 14.3 Å². The molecule has 0 aromatic carbocycles. The summed E-state index contributed by atoms with van der Waals surface area (Å²) in [7, 11) is 0. The summed E-state index contributed by atoms with van der Waals surface area (Å²) < 4.78 is 11.3. The van der Waals surface area contributed by atoms with Crippen LogP contribution in [0.25, 0.3) is 0 Å². The molecule has 19 heavy (non-hydrogen) atoms. The smallest absolute Gasteiger partial charge is 0.246 e. The summed E-state index contributed by atoms with van der Waals surface area (Å²) in [4.78, 5) is 11.9. The van der Waals surface area contributed by atoms with Crippen LogP contribution in [0.5, 0.6) is 0 Å². The predicted octanol–water partition coefficient (Wildman–Crippen LogP) is 0.685. The number of carbonyl (C=O) groups excluding carboxylic acids is 1. The topological polar surface area (TPSA) is 59.6 Å². The van der Waals surface area contributed by atoms with Crippen molar-refractivity contribution in [2.45, 2.75) is 51.9 Å². The van der Waals surface area contributed by atoms with Gasteiger partial charge in [0, 0.05) is 31.2 Å². The van der Waals surface area contributed by atoms with Crippen LogP contribution in [-0.4, -0.2) is 50.0 Å². The third-order valence-corrected chi connectivity index (χ3v) is 4.43. The van der Waals surface area contributed by atoms with Crippen LogP contribution in [0.15, 0.2) is 0 Å². The molecule has 110 valence electrons. The molecule has 2 rings (SSSR count). The molecular weight excluding hydrogens is 244 g/mol. The first-order valence-corrected chi connectivity index (χ1v) is 7.13. The van der Waals surface area contributed by atoms with E-state index in [4.69, 9.17) is 9.47 Å². The van der Waals surface area contributed by atoms with E-state index in [9.17, 15) is 4.79 Å². The highest BCUT2D eigenvalue weighted by molar-refractivity contribution is 5.77. The van der Waals surface area contributed by atoms with Crippen molar-refractivity contribution in [2.75, 3.05) is 26.3 Å². The van der Waals surface area contributed by atoms with E-state index in [-0.39, 0.29) is 35.7 Å². The lowest BCUT2D eigenvalue weighted by atomic mass is 9.64. The average molecular weight is 270 g/mol. The molecule has 0 aromatic heterocycles. The maximum Gasteiger partial charge on any atom is 0.246 e. The Morgan fingerprint density at radius 1 is 1.37 bits per heavy atom. The van der Waals surface area contributed by atoms with Crippen LogP contribution in [0.2, 0.25) is 0 Å². The first-order valence-electron chi connectivity index (χ1n) is 7.13. The van der Waals surface area contributed by atoms with Crippen molar-refractivity contribution in [3.8, 4) is 0 Å². The van der Waals surface area contributed by atoms with Gasteiger partial charge in [-0.1, -0.05) is 13.8 Å². The maximum absolute atomic E-state index is 11.9. The molecule has 0 bridgehead atoms. The van der Waals surface area contributed by atoms with Crippen molar-refractivity contribution in [3.05, 3.63) is 0 Å². The number of amides is 1. The first-order chi connectivity index (χ1) is 8.87. The van der Waals surface area contributed by atoms with Crippen LogP contribution >= 0.6 is 0 Å². The average Bonchev–Trinajstić information content (AvgIpc) is 2.33. The van der Waals surface area contributed by atoms with Crippen LogP contribution in [0, 0.1) is 5.41 Å². The fraction of sp³-hybridized carbons (Fsp3) is 0.929. The zero-order valence-corrected chi connectivity index (χ0v) is 12.4. The van der Waals surface area contributed by atoms with E-state index in [1.165, 1.54) is 0 Å². The summed E-state index contributed by atoms with van der Waals surface area (Å²) in [6.45, 7) is 10.8. The van der Waals surface area contributed by atoms with E-state index in [1.54, 1.807) is 0 Å². The summed E-state index contributed by atoms with van der Waals surface area (Å²) in [5, 5.41) is 6.20. The molecule has 5 heteroatoms. The van der Waals surface area contributed by atoms with Gasteiger partial charge in [0.25, 0.3) is 0 Å².